The van der Waals surface area contributed by atoms with Gasteiger partial charge in [0, 0.05) is 48.4 Å². The number of carbonyl (C=O) groups is 4. The quantitative estimate of drug-likeness (QED) is 0.147. The van der Waals surface area contributed by atoms with Crippen molar-refractivity contribution in [3.05, 3.63) is 131 Å². The zero-order valence-corrected chi connectivity index (χ0v) is 32.7. The summed E-state index contributed by atoms with van der Waals surface area (Å²) >= 11 is 3.13. The molecule has 0 unspecified atom stereocenters. The van der Waals surface area contributed by atoms with Crippen LogP contribution in [0, 0.1) is 11.6 Å². The Morgan fingerprint density at radius 1 is 0.655 bits per heavy atom. The zero-order valence-electron chi connectivity index (χ0n) is 31.1. The molecule has 0 spiro atoms. The molecule has 6 rings (SSSR count). The summed E-state index contributed by atoms with van der Waals surface area (Å²) in [6.45, 7) is 3.29. The first kappa shape index (κ1) is 42.4. The lowest BCUT2D eigenvalue weighted by atomic mass is 10.1. The van der Waals surface area contributed by atoms with E-state index in [1.165, 1.54) is 44.9 Å². The Kier molecular flexibility index (Phi) is 17.1. The van der Waals surface area contributed by atoms with Crippen LogP contribution in [-0.2, 0) is 21.3 Å². The Bertz CT molecular complexity index is 1860. The summed E-state index contributed by atoms with van der Waals surface area (Å²) in [5.74, 6) is -2.06. The van der Waals surface area contributed by atoms with E-state index in [1.807, 2.05) is 70.5 Å². The average molecular weight is 822 g/mol. The van der Waals surface area contributed by atoms with Gasteiger partial charge in [0.1, 0.15) is 11.6 Å². The van der Waals surface area contributed by atoms with E-state index in [9.17, 15) is 28.0 Å². The maximum absolute atomic E-state index is 14.6. The van der Waals surface area contributed by atoms with Crippen molar-refractivity contribution >= 4 is 51.3 Å². The van der Waals surface area contributed by atoms with Crippen LogP contribution in [0.5, 0.6) is 0 Å². The number of anilines is 2. The maximum Gasteiger partial charge on any atom is 0.337 e. The largest absolute Gasteiger partial charge is 0.465 e. The van der Waals surface area contributed by atoms with E-state index in [2.05, 4.69) is 30.7 Å². The number of carbonyl (C=O) groups excluding carboxylic acids is 4. The predicted molar refractivity (Wildman–Crippen MR) is 212 cm³/mol. The third-order valence-corrected chi connectivity index (χ3v) is 9.62. The number of benzene rings is 4. The highest BCUT2D eigenvalue weighted by atomic mass is 79.9. The number of likely N-dealkylation sites (tertiary alicyclic amines) is 2. The van der Waals surface area contributed by atoms with Crippen LogP contribution in [0.15, 0.2) is 97.1 Å². The van der Waals surface area contributed by atoms with Crippen LogP contribution < -0.4 is 10.2 Å². The van der Waals surface area contributed by atoms with Crippen LogP contribution in [0.4, 0.5) is 29.7 Å². The van der Waals surface area contributed by atoms with Gasteiger partial charge in [-0.1, -0.05) is 64.5 Å². The number of para-hydroxylation sites is 2. The highest BCUT2D eigenvalue weighted by Crippen LogP contribution is 2.23. The van der Waals surface area contributed by atoms with Gasteiger partial charge in [0.2, 0.25) is 0 Å². The third-order valence-electron chi connectivity index (χ3n) is 9.01. The molecule has 2 saturated heterocycles. The summed E-state index contributed by atoms with van der Waals surface area (Å²) in [5, 5.41) is 3.33. The van der Waals surface area contributed by atoms with Crippen molar-refractivity contribution in [3.63, 3.8) is 0 Å². The van der Waals surface area contributed by atoms with Gasteiger partial charge in [-0.3, -0.25) is 4.90 Å². The second kappa shape index (κ2) is 22.2. The summed E-state index contributed by atoms with van der Waals surface area (Å²) in [7, 11) is 2.52. The standard InChI is InChI=1S/C21H23FN2O3.C12H16N2O.C9H8BrFO2/c1-27-20(25)16-10-11-17(19(22)14-16)15-24(18-8-4-2-5-9-18)21(26)23-12-6-3-7-13-23;15-12(14-9-5-2-6-10-14)13-11-7-3-1-4-8-11;1-13-9(12)6-2-3-7(5-10)8(11)4-6/h2,4-5,8-11,14H,3,6-7,12-13,15H2,1H3;1,3-4,7-8H,2,5-6,9-10H2,(H,13,15);2-4H,5H2,1H3. The first-order chi connectivity index (χ1) is 26.6. The van der Waals surface area contributed by atoms with Gasteiger partial charge in [-0.25, -0.2) is 28.0 Å². The second-order valence-corrected chi connectivity index (χ2v) is 13.4. The fraction of sp³-hybridized carbons (Fsp3) is 0.333. The zero-order chi connectivity index (χ0) is 39.6. The lowest BCUT2D eigenvalue weighted by Gasteiger charge is -2.33. The molecule has 4 aromatic rings. The van der Waals surface area contributed by atoms with E-state index in [-0.39, 0.29) is 29.7 Å². The SMILES string of the molecule is COC(=O)c1ccc(CBr)c(F)c1.COC(=O)c1ccc(CN(C(=O)N2CCCCC2)c2ccccc2)c(F)c1.O=C(Nc1ccccc1)N1CCCCC1. The van der Waals surface area contributed by atoms with E-state index in [0.717, 1.165) is 56.9 Å². The van der Waals surface area contributed by atoms with Gasteiger partial charge in [0.05, 0.1) is 31.9 Å². The molecular formula is C42H47BrF2N4O6. The third kappa shape index (κ3) is 12.9. The van der Waals surface area contributed by atoms with E-state index in [1.54, 1.807) is 11.0 Å². The summed E-state index contributed by atoms with van der Waals surface area (Å²) in [6.07, 6.45) is 6.59. The number of nitrogens with one attached hydrogen (secondary N) is 1. The van der Waals surface area contributed by atoms with Crippen LogP contribution in [-0.4, -0.2) is 74.2 Å². The minimum Gasteiger partial charge on any atom is -0.465 e. The van der Waals surface area contributed by atoms with Crippen LogP contribution in [0.2, 0.25) is 0 Å². The number of urea groups is 2. The van der Waals surface area contributed by atoms with Gasteiger partial charge in [-0.15, -0.1) is 0 Å². The number of esters is 2. The Labute approximate surface area is 329 Å². The van der Waals surface area contributed by atoms with Crippen molar-refractivity contribution in [2.24, 2.45) is 0 Å². The number of hydrogen-bond donors (Lipinski definition) is 1. The molecule has 0 bridgehead atoms. The van der Waals surface area contributed by atoms with Crippen molar-refractivity contribution in [2.45, 2.75) is 50.4 Å². The topological polar surface area (TPSA) is 108 Å². The van der Waals surface area contributed by atoms with Crippen molar-refractivity contribution in [1.29, 1.82) is 0 Å². The molecule has 0 radical (unpaired) electrons. The number of nitrogens with zero attached hydrogens (tertiary/aromatic N) is 3. The van der Waals surface area contributed by atoms with Gasteiger partial charge >= 0.3 is 24.0 Å². The Balaban J connectivity index is 0.000000202. The lowest BCUT2D eigenvalue weighted by Crippen LogP contribution is -2.45. The molecule has 0 saturated carbocycles. The predicted octanol–water partition coefficient (Wildman–Crippen LogP) is 9.44. The fourth-order valence-electron chi connectivity index (χ4n) is 5.95. The second-order valence-electron chi connectivity index (χ2n) is 12.8. The highest BCUT2D eigenvalue weighted by molar-refractivity contribution is 9.08. The van der Waals surface area contributed by atoms with Crippen molar-refractivity contribution < 1.29 is 37.4 Å². The minimum absolute atomic E-state index is 0.0286. The van der Waals surface area contributed by atoms with Gasteiger partial charge < -0.3 is 24.6 Å². The summed E-state index contributed by atoms with van der Waals surface area (Å²) in [5.41, 5.74) is 2.82. The van der Waals surface area contributed by atoms with Crippen LogP contribution in [0.1, 0.15) is 70.4 Å². The number of amides is 4. The number of methoxy groups -OCH3 is 2. The molecule has 13 heteroatoms. The number of rotatable bonds is 7. The Morgan fingerprint density at radius 2 is 1.13 bits per heavy atom. The molecule has 292 valence electrons. The van der Waals surface area contributed by atoms with Crippen LogP contribution >= 0.6 is 15.9 Å². The van der Waals surface area contributed by atoms with Crippen molar-refractivity contribution in [2.75, 3.05) is 50.6 Å². The lowest BCUT2D eigenvalue weighted by molar-refractivity contribution is 0.0591. The molecule has 4 aromatic carbocycles. The van der Waals surface area contributed by atoms with E-state index in [0.29, 0.717) is 35.2 Å². The first-order valence-electron chi connectivity index (χ1n) is 18.2. The normalized spacial score (nSPS) is 13.5. The highest BCUT2D eigenvalue weighted by Gasteiger charge is 2.25. The molecule has 2 fully saturated rings. The van der Waals surface area contributed by atoms with Gasteiger partial charge in [-0.05, 0) is 92.6 Å². The van der Waals surface area contributed by atoms with Gasteiger partial charge in [0.25, 0.3) is 0 Å². The maximum atomic E-state index is 14.6. The van der Waals surface area contributed by atoms with E-state index in [4.69, 9.17) is 0 Å². The first-order valence-corrected chi connectivity index (χ1v) is 19.3. The Morgan fingerprint density at radius 3 is 1.60 bits per heavy atom. The monoisotopic (exact) mass is 820 g/mol. The molecule has 4 amide bonds. The Hall–Kier alpha value is -5.30. The van der Waals surface area contributed by atoms with Crippen LogP contribution in [0.25, 0.3) is 0 Å². The van der Waals surface area contributed by atoms with Crippen LogP contribution in [0.3, 0.4) is 0 Å². The smallest absolute Gasteiger partial charge is 0.337 e. The van der Waals surface area contributed by atoms with Gasteiger partial charge in [-0.2, -0.15) is 0 Å². The number of halogens is 3. The van der Waals surface area contributed by atoms with E-state index < -0.39 is 23.6 Å². The minimum atomic E-state index is -0.593. The summed E-state index contributed by atoms with van der Waals surface area (Å²) in [4.78, 5) is 52.7. The molecule has 2 heterocycles. The number of hydrogen-bond acceptors (Lipinski definition) is 6. The number of ether oxygens (including phenoxy) is 2. The molecular weight excluding hydrogens is 774 g/mol. The molecule has 1 N–H and O–H groups in total. The van der Waals surface area contributed by atoms with Crippen molar-refractivity contribution in [1.82, 2.24) is 9.80 Å². The molecule has 2 aliphatic rings. The molecule has 2 aliphatic heterocycles. The molecule has 0 aromatic heterocycles. The van der Waals surface area contributed by atoms with Gasteiger partial charge in [0.15, 0.2) is 0 Å². The van der Waals surface area contributed by atoms with E-state index >= 15 is 0 Å². The molecule has 55 heavy (non-hydrogen) atoms. The number of piperidine rings is 2. The fourth-order valence-corrected chi connectivity index (χ4v) is 6.40. The molecule has 10 nitrogen and oxygen atoms in total. The number of alkyl halides is 1. The summed E-state index contributed by atoms with van der Waals surface area (Å²) < 4.78 is 36.7. The molecule has 0 atom stereocenters. The van der Waals surface area contributed by atoms with Crippen molar-refractivity contribution in [3.8, 4) is 0 Å². The summed E-state index contributed by atoms with van der Waals surface area (Å²) in [6, 6.07) is 27.2. The molecule has 0 aliphatic carbocycles. The average Bonchev–Trinajstić information content (AvgIpc) is 3.24.